The van der Waals surface area contributed by atoms with Crippen molar-refractivity contribution in [3.63, 3.8) is 0 Å². The lowest BCUT2D eigenvalue weighted by Crippen LogP contribution is -2.04. The number of aryl methyl sites for hydroxylation is 1. The summed E-state index contributed by atoms with van der Waals surface area (Å²) in [6, 6.07) is 1.57. The number of nitrogens with zero attached hydrogens (tertiary/aromatic N) is 2. The molecule has 1 aromatic heterocycles. The van der Waals surface area contributed by atoms with Crippen LogP contribution < -0.4 is 4.18 Å². The van der Waals surface area contributed by atoms with Gasteiger partial charge in [0.05, 0.1) is 5.69 Å². The van der Waals surface area contributed by atoms with Crippen LogP contribution >= 0.6 is 12.0 Å². The summed E-state index contributed by atoms with van der Waals surface area (Å²) in [5.74, 6) is 0.545. The van der Waals surface area contributed by atoms with E-state index in [1.165, 1.54) is 4.68 Å². The van der Waals surface area contributed by atoms with E-state index in [9.17, 15) is 13.2 Å². The first-order valence-electron chi connectivity index (χ1n) is 4.42. The Morgan fingerprint density at radius 2 is 2.20 bits per heavy atom. The molecular formula is C8H9F3N2OS. The normalized spacial score (nSPS) is 16.8. The molecule has 1 fully saturated rings. The first-order valence-corrected chi connectivity index (χ1v) is 5.16. The van der Waals surface area contributed by atoms with E-state index in [-0.39, 0.29) is 5.88 Å². The van der Waals surface area contributed by atoms with Gasteiger partial charge >= 0.3 is 5.51 Å². The highest BCUT2D eigenvalue weighted by atomic mass is 32.2. The van der Waals surface area contributed by atoms with Crippen molar-refractivity contribution >= 4 is 12.0 Å². The first kappa shape index (κ1) is 10.7. The minimum absolute atomic E-state index is 0.138. The molecule has 1 aliphatic rings. The highest BCUT2D eigenvalue weighted by molar-refractivity contribution is 7.95. The molecule has 1 aromatic rings. The van der Waals surface area contributed by atoms with E-state index in [2.05, 4.69) is 9.28 Å². The molecule has 0 unspecified atom stereocenters. The van der Waals surface area contributed by atoms with Gasteiger partial charge < -0.3 is 4.18 Å². The molecule has 0 N–H and O–H groups in total. The molecule has 0 spiro atoms. The molecule has 1 saturated carbocycles. The van der Waals surface area contributed by atoms with Crippen LogP contribution in [0.5, 0.6) is 5.88 Å². The maximum absolute atomic E-state index is 11.9. The maximum atomic E-state index is 11.9. The van der Waals surface area contributed by atoms with Gasteiger partial charge in [0.1, 0.15) is 0 Å². The minimum Gasteiger partial charge on any atom is -0.397 e. The van der Waals surface area contributed by atoms with E-state index in [4.69, 9.17) is 0 Å². The molecule has 0 aliphatic heterocycles. The standard InChI is InChI=1S/C8H9F3N2OS/c1-13-7(14-15-8(9,10)11)4-6(12-13)5-2-3-5/h4-5H,2-3H2,1H3. The number of aromatic nitrogens is 2. The number of hydrogen-bond acceptors (Lipinski definition) is 3. The number of halogens is 3. The van der Waals surface area contributed by atoms with E-state index in [1.54, 1.807) is 13.1 Å². The number of rotatable bonds is 3. The molecule has 0 aromatic carbocycles. The van der Waals surface area contributed by atoms with E-state index in [0.717, 1.165) is 18.5 Å². The minimum atomic E-state index is -4.38. The molecule has 84 valence electrons. The average Bonchev–Trinajstić information content (AvgIpc) is 2.87. The van der Waals surface area contributed by atoms with Gasteiger partial charge in [0.25, 0.3) is 0 Å². The fourth-order valence-electron chi connectivity index (χ4n) is 1.22. The van der Waals surface area contributed by atoms with Crippen LogP contribution in [-0.4, -0.2) is 15.3 Å². The van der Waals surface area contributed by atoms with Crippen LogP contribution in [0.4, 0.5) is 13.2 Å². The summed E-state index contributed by atoms with van der Waals surface area (Å²) in [5.41, 5.74) is -3.57. The Hall–Kier alpha value is -0.850. The van der Waals surface area contributed by atoms with Gasteiger partial charge in [0.15, 0.2) is 12.0 Å². The van der Waals surface area contributed by atoms with Crippen molar-refractivity contribution in [2.24, 2.45) is 7.05 Å². The molecule has 15 heavy (non-hydrogen) atoms. The maximum Gasteiger partial charge on any atom is 0.479 e. The predicted octanol–water partition coefficient (Wildman–Crippen LogP) is 2.84. The lowest BCUT2D eigenvalue weighted by Gasteiger charge is -2.05. The summed E-state index contributed by atoms with van der Waals surface area (Å²) >= 11 is -0.515. The lowest BCUT2D eigenvalue weighted by molar-refractivity contribution is -0.0371. The summed E-state index contributed by atoms with van der Waals surface area (Å²) in [6.45, 7) is 0. The fraction of sp³-hybridized carbons (Fsp3) is 0.625. The van der Waals surface area contributed by atoms with Crippen LogP contribution in [0.3, 0.4) is 0 Å². The molecule has 0 bridgehead atoms. The van der Waals surface area contributed by atoms with Gasteiger partial charge in [-0.25, -0.2) is 4.68 Å². The van der Waals surface area contributed by atoms with Crippen molar-refractivity contribution < 1.29 is 17.4 Å². The molecule has 7 heteroatoms. The summed E-state index contributed by atoms with van der Waals surface area (Å²) < 4.78 is 41.5. The second-order valence-electron chi connectivity index (χ2n) is 3.42. The molecular weight excluding hydrogens is 229 g/mol. The van der Waals surface area contributed by atoms with Crippen molar-refractivity contribution in [2.45, 2.75) is 24.3 Å². The van der Waals surface area contributed by atoms with Gasteiger partial charge in [-0.2, -0.15) is 18.3 Å². The van der Waals surface area contributed by atoms with Crippen LogP contribution in [-0.2, 0) is 7.05 Å². The largest absolute Gasteiger partial charge is 0.479 e. The van der Waals surface area contributed by atoms with Gasteiger partial charge in [-0.15, -0.1) is 0 Å². The Bertz CT molecular complexity index is 359. The van der Waals surface area contributed by atoms with Crippen molar-refractivity contribution in [3.05, 3.63) is 11.8 Å². The lowest BCUT2D eigenvalue weighted by atomic mass is 10.3. The monoisotopic (exact) mass is 238 g/mol. The van der Waals surface area contributed by atoms with Crippen molar-refractivity contribution in [3.8, 4) is 5.88 Å². The third kappa shape index (κ3) is 2.80. The summed E-state index contributed by atoms with van der Waals surface area (Å²) in [7, 11) is 1.57. The topological polar surface area (TPSA) is 27.1 Å². The number of alkyl halides is 3. The number of hydrogen-bond donors (Lipinski definition) is 0. The second kappa shape index (κ2) is 3.62. The van der Waals surface area contributed by atoms with Crippen LogP contribution in [0.25, 0.3) is 0 Å². The van der Waals surface area contributed by atoms with Gasteiger partial charge in [0, 0.05) is 19.0 Å². The Balaban J connectivity index is 2.01. The van der Waals surface area contributed by atoms with Crippen molar-refractivity contribution in [1.29, 1.82) is 0 Å². The SMILES string of the molecule is Cn1nc(C2CC2)cc1OSC(F)(F)F. The zero-order valence-corrected chi connectivity index (χ0v) is 8.73. The first-order chi connectivity index (χ1) is 6.96. The average molecular weight is 238 g/mol. The molecule has 0 radical (unpaired) electrons. The Morgan fingerprint density at radius 1 is 1.53 bits per heavy atom. The molecule has 0 saturated heterocycles. The zero-order chi connectivity index (χ0) is 11.1. The van der Waals surface area contributed by atoms with Crippen LogP contribution in [0.2, 0.25) is 0 Å². The van der Waals surface area contributed by atoms with Crippen molar-refractivity contribution in [1.82, 2.24) is 9.78 Å². The fourth-order valence-corrected chi connectivity index (χ4v) is 1.55. The van der Waals surface area contributed by atoms with Gasteiger partial charge in [-0.3, -0.25) is 0 Å². The highest BCUT2D eigenvalue weighted by Crippen LogP contribution is 2.41. The third-order valence-electron chi connectivity index (χ3n) is 2.07. The van der Waals surface area contributed by atoms with E-state index >= 15 is 0 Å². The second-order valence-corrected chi connectivity index (χ2v) is 4.21. The Labute approximate surface area is 88.8 Å². The quantitative estimate of drug-likeness (QED) is 0.758. The van der Waals surface area contributed by atoms with Crippen LogP contribution in [0, 0.1) is 0 Å². The molecule has 1 heterocycles. The van der Waals surface area contributed by atoms with Gasteiger partial charge in [0.2, 0.25) is 5.88 Å². The molecule has 3 nitrogen and oxygen atoms in total. The summed E-state index contributed by atoms with van der Waals surface area (Å²) in [4.78, 5) is 0. The van der Waals surface area contributed by atoms with E-state index < -0.39 is 17.6 Å². The third-order valence-corrected chi connectivity index (χ3v) is 2.52. The zero-order valence-electron chi connectivity index (χ0n) is 7.91. The predicted molar refractivity (Wildman–Crippen MR) is 49.5 cm³/mol. The molecule has 0 atom stereocenters. The van der Waals surface area contributed by atoms with Crippen LogP contribution in [0.15, 0.2) is 6.07 Å². The molecule has 1 aliphatic carbocycles. The molecule has 0 amide bonds. The highest BCUT2D eigenvalue weighted by Gasteiger charge is 2.33. The Kier molecular flexibility index (Phi) is 2.57. The summed E-state index contributed by atoms with van der Waals surface area (Å²) in [5, 5.41) is 4.08. The Morgan fingerprint density at radius 3 is 2.73 bits per heavy atom. The van der Waals surface area contributed by atoms with E-state index in [1.807, 2.05) is 0 Å². The smallest absolute Gasteiger partial charge is 0.397 e. The van der Waals surface area contributed by atoms with Crippen molar-refractivity contribution in [2.75, 3.05) is 0 Å². The molecule has 2 rings (SSSR count). The van der Waals surface area contributed by atoms with Gasteiger partial charge in [-0.05, 0) is 12.8 Å². The van der Waals surface area contributed by atoms with E-state index in [0.29, 0.717) is 5.92 Å². The van der Waals surface area contributed by atoms with Crippen LogP contribution in [0.1, 0.15) is 24.5 Å². The summed E-state index contributed by atoms with van der Waals surface area (Å²) in [6.07, 6.45) is 2.12. The van der Waals surface area contributed by atoms with Gasteiger partial charge in [-0.1, -0.05) is 0 Å².